The Balaban J connectivity index is 1.03. The molecule has 0 unspecified atom stereocenters. The molecule has 2 aromatic rings. The van der Waals surface area contributed by atoms with E-state index in [-0.39, 0.29) is 5.91 Å². The Labute approximate surface area is 169 Å². The Morgan fingerprint density at radius 3 is 2.76 bits per heavy atom. The summed E-state index contributed by atoms with van der Waals surface area (Å²) < 4.78 is 7.12. The van der Waals surface area contributed by atoms with E-state index >= 15 is 0 Å². The molecule has 0 spiro atoms. The molecule has 3 aliphatic rings. The van der Waals surface area contributed by atoms with E-state index in [0.29, 0.717) is 53.9 Å². The summed E-state index contributed by atoms with van der Waals surface area (Å²) in [5.41, 5.74) is 0.538. The van der Waals surface area contributed by atoms with Gasteiger partial charge < -0.3 is 15.0 Å². The van der Waals surface area contributed by atoms with Gasteiger partial charge in [0.2, 0.25) is 11.7 Å². The van der Waals surface area contributed by atoms with Crippen molar-refractivity contribution in [2.45, 2.75) is 25.7 Å². The fourth-order valence-corrected chi connectivity index (χ4v) is 5.00. The number of hydrogen-bond donors (Lipinski definition) is 1. The zero-order valence-electron chi connectivity index (χ0n) is 16.5. The number of fused-ring (bicyclic) bond motifs is 2. The molecule has 8 heteroatoms. The number of amides is 2. The Hall–Kier alpha value is -2.48. The van der Waals surface area contributed by atoms with Crippen molar-refractivity contribution in [1.82, 2.24) is 24.6 Å². The molecule has 0 aromatic carbocycles. The topological polar surface area (TPSA) is 88.8 Å². The highest BCUT2D eigenvalue weighted by molar-refractivity contribution is 5.93. The summed E-state index contributed by atoms with van der Waals surface area (Å²) >= 11 is 0. The second kappa shape index (κ2) is 7.74. The van der Waals surface area contributed by atoms with Crippen LogP contribution in [0.1, 0.15) is 36.0 Å². The van der Waals surface area contributed by atoms with Gasteiger partial charge in [-0.15, -0.1) is 0 Å². The van der Waals surface area contributed by atoms with Crippen molar-refractivity contribution in [3.8, 4) is 0 Å². The van der Waals surface area contributed by atoms with Crippen molar-refractivity contribution < 1.29 is 14.3 Å². The Morgan fingerprint density at radius 1 is 1.17 bits per heavy atom. The average Bonchev–Trinajstić information content (AvgIpc) is 3.11. The van der Waals surface area contributed by atoms with E-state index in [0.717, 1.165) is 45.6 Å². The van der Waals surface area contributed by atoms with Gasteiger partial charge in [-0.25, -0.2) is 9.97 Å². The highest BCUT2D eigenvalue weighted by atomic mass is 16.5. The Bertz CT molecular complexity index is 895. The zero-order valence-corrected chi connectivity index (χ0v) is 16.5. The monoisotopic (exact) mass is 397 g/mol. The predicted molar refractivity (Wildman–Crippen MR) is 105 cm³/mol. The standard InChI is InChI=1S/C21H27N5O3/c27-19(9-14-2-7-29-8-3-14)26-12-17-16(18(17)13-26)1-4-22-20(28)15-10-24-21-23-5-6-25(21)11-15/h5-6,10-11,14,16-18H,1-4,7-9,12-13H2,(H,22,28)/t16-,17-,18+. The number of ether oxygens (including phenoxy) is 1. The van der Waals surface area contributed by atoms with Crippen molar-refractivity contribution in [3.05, 3.63) is 30.4 Å². The van der Waals surface area contributed by atoms with Gasteiger partial charge in [-0.1, -0.05) is 0 Å². The summed E-state index contributed by atoms with van der Waals surface area (Å²) in [6.45, 7) is 4.04. The second-order valence-corrected chi connectivity index (χ2v) is 8.57. The van der Waals surface area contributed by atoms with E-state index in [1.807, 2.05) is 0 Å². The normalized spacial score (nSPS) is 26.5. The second-order valence-electron chi connectivity index (χ2n) is 8.57. The van der Waals surface area contributed by atoms with Crippen LogP contribution < -0.4 is 5.32 Å². The third-order valence-electron chi connectivity index (χ3n) is 6.80. The van der Waals surface area contributed by atoms with E-state index in [9.17, 15) is 9.59 Å². The lowest BCUT2D eigenvalue weighted by Gasteiger charge is -2.25. The van der Waals surface area contributed by atoms with Crippen molar-refractivity contribution in [2.75, 3.05) is 32.8 Å². The third-order valence-corrected chi connectivity index (χ3v) is 6.80. The van der Waals surface area contributed by atoms with E-state index in [4.69, 9.17) is 4.74 Å². The molecule has 2 aromatic heterocycles. The fourth-order valence-electron chi connectivity index (χ4n) is 5.00. The minimum atomic E-state index is -0.104. The van der Waals surface area contributed by atoms with Crippen LogP contribution in [-0.4, -0.2) is 63.9 Å². The first-order valence-corrected chi connectivity index (χ1v) is 10.6. The lowest BCUT2D eigenvalue weighted by atomic mass is 9.96. The van der Waals surface area contributed by atoms with Gasteiger partial charge in [-0.05, 0) is 42.9 Å². The van der Waals surface area contributed by atoms with Gasteiger partial charge in [-0.2, -0.15) is 0 Å². The quantitative estimate of drug-likeness (QED) is 0.795. The van der Waals surface area contributed by atoms with Gasteiger partial charge in [0.1, 0.15) is 0 Å². The molecule has 2 saturated heterocycles. The van der Waals surface area contributed by atoms with Gasteiger partial charge in [0.25, 0.3) is 5.91 Å². The van der Waals surface area contributed by atoms with Crippen LogP contribution in [0.5, 0.6) is 0 Å². The number of nitrogens with one attached hydrogen (secondary N) is 1. The molecule has 1 aliphatic carbocycles. The highest BCUT2D eigenvalue weighted by Crippen LogP contribution is 2.53. The van der Waals surface area contributed by atoms with Crippen LogP contribution in [0.15, 0.2) is 24.8 Å². The van der Waals surface area contributed by atoms with Gasteiger partial charge >= 0.3 is 0 Å². The number of aromatic nitrogens is 3. The van der Waals surface area contributed by atoms with Crippen molar-refractivity contribution in [2.24, 2.45) is 23.7 Å². The molecule has 4 heterocycles. The number of carbonyl (C=O) groups is 2. The number of piperidine rings is 1. The first-order chi connectivity index (χ1) is 14.2. The van der Waals surface area contributed by atoms with Crippen LogP contribution in [0.3, 0.4) is 0 Å². The molecule has 1 N–H and O–H groups in total. The maximum Gasteiger partial charge on any atom is 0.254 e. The molecular weight excluding hydrogens is 370 g/mol. The SMILES string of the molecule is O=C(NCC[C@@H]1[C@H]2CN(C(=O)CC3CCOCC3)C[C@@H]12)c1cnc2nccn2c1. The number of nitrogens with zero attached hydrogens (tertiary/aromatic N) is 4. The van der Waals surface area contributed by atoms with Crippen molar-refractivity contribution in [3.63, 3.8) is 0 Å². The molecule has 5 rings (SSSR count). The minimum Gasteiger partial charge on any atom is -0.381 e. The molecule has 0 bridgehead atoms. The summed E-state index contributed by atoms with van der Waals surface area (Å²) in [7, 11) is 0. The van der Waals surface area contributed by atoms with Crippen LogP contribution in [-0.2, 0) is 9.53 Å². The number of carbonyl (C=O) groups excluding carboxylic acids is 2. The highest BCUT2D eigenvalue weighted by Gasteiger charge is 2.55. The van der Waals surface area contributed by atoms with Crippen LogP contribution in [0.25, 0.3) is 5.78 Å². The zero-order chi connectivity index (χ0) is 19.8. The van der Waals surface area contributed by atoms with Crippen LogP contribution in [0, 0.1) is 23.7 Å². The van der Waals surface area contributed by atoms with Crippen LogP contribution in [0.2, 0.25) is 0 Å². The summed E-state index contributed by atoms with van der Waals surface area (Å²) in [4.78, 5) is 35.2. The minimum absolute atomic E-state index is 0.104. The maximum atomic E-state index is 12.5. The number of hydrogen-bond acceptors (Lipinski definition) is 5. The third kappa shape index (κ3) is 3.85. The number of rotatable bonds is 6. The molecule has 3 fully saturated rings. The smallest absolute Gasteiger partial charge is 0.254 e. The Morgan fingerprint density at radius 2 is 1.97 bits per heavy atom. The van der Waals surface area contributed by atoms with E-state index in [1.165, 1.54) is 0 Å². The molecule has 2 amide bonds. The van der Waals surface area contributed by atoms with Crippen LogP contribution >= 0.6 is 0 Å². The summed E-state index contributed by atoms with van der Waals surface area (Å²) in [5.74, 6) is 3.17. The molecule has 8 nitrogen and oxygen atoms in total. The average molecular weight is 397 g/mol. The maximum absolute atomic E-state index is 12.5. The lowest BCUT2D eigenvalue weighted by molar-refractivity contribution is -0.132. The van der Waals surface area contributed by atoms with Gasteiger partial charge in [0, 0.05) is 64.1 Å². The van der Waals surface area contributed by atoms with Gasteiger partial charge in [0.05, 0.1) is 5.56 Å². The molecule has 2 aliphatic heterocycles. The largest absolute Gasteiger partial charge is 0.381 e. The summed E-state index contributed by atoms with van der Waals surface area (Å²) in [5, 5.41) is 3.00. The summed E-state index contributed by atoms with van der Waals surface area (Å²) in [6.07, 6.45) is 10.4. The molecular formula is C21H27N5O3. The fraction of sp³-hybridized carbons (Fsp3) is 0.619. The van der Waals surface area contributed by atoms with Crippen molar-refractivity contribution in [1.29, 1.82) is 0 Å². The molecule has 1 saturated carbocycles. The summed E-state index contributed by atoms with van der Waals surface area (Å²) in [6, 6.07) is 0. The van der Waals surface area contributed by atoms with Gasteiger partial charge in [0.15, 0.2) is 0 Å². The van der Waals surface area contributed by atoms with Gasteiger partial charge in [-0.3, -0.25) is 14.0 Å². The lowest BCUT2D eigenvalue weighted by Crippen LogP contribution is -2.34. The molecule has 29 heavy (non-hydrogen) atoms. The number of likely N-dealkylation sites (tertiary alicyclic amines) is 1. The van der Waals surface area contributed by atoms with E-state index in [1.54, 1.807) is 29.2 Å². The van der Waals surface area contributed by atoms with E-state index < -0.39 is 0 Å². The number of imidazole rings is 1. The molecule has 3 atom stereocenters. The Kier molecular flexibility index (Phi) is 4.95. The van der Waals surface area contributed by atoms with Crippen LogP contribution in [0.4, 0.5) is 0 Å². The first-order valence-electron chi connectivity index (χ1n) is 10.6. The molecule has 0 radical (unpaired) electrons. The first kappa shape index (κ1) is 18.5. The van der Waals surface area contributed by atoms with Crippen molar-refractivity contribution >= 4 is 17.6 Å². The van der Waals surface area contributed by atoms with E-state index in [2.05, 4.69) is 20.2 Å². The molecule has 154 valence electrons. The predicted octanol–water partition coefficient (Wildman–Crippen LogP) is 1.37.